The Morgan fingerprint density at radius 2 is 1.96 bits per heavy atom. The maximum Gasteiger partial charge on any atom is 0.288 e. The molecule has 0 spiro atoms. The van der Waals surface area contributed by atoms with Gasteiger partial charge in [-0.15, -0.1) is 0 Å². The maximum absolute atomic E-state index is 12.7. The van der Waals surface area contributed by atoms with Crippen LogP contribution >= 0.6 is 47.2 Å². The summed E-state index contributed by atoms with van der Waals surface area (Å²) in [5.74, 6) is -0.310. The number of thioether (sulfide) groups is 1. The van der Waals surface area contributed by atoms with Crippen molar-refractivity contribution in [3.8, 4) is 0 Å². The number of carbonyl (C=O) groups is 1. The molecule has 1 heterocycles. The first-order valence-electron chi connectivity index (χ1n) is 6.84. The summed E-state index contributed by atoms with van der Waals surface area (Å²) < 4.78 is 0.363. The molecule has 1 saturated heterocycles. The predicted octanol–water partition coefficient (Wildman–Crippen LogP) is 5.31. The molecule has 0 saturated carbocycles. The van der Waals surface area contributed by atoms with E-state index in [1.807, 2.05) is 0 Å². The first-order chi connectivity index (χ1) is 11.9. The summed E-state index contributed by atoms with van der Waals surface area (Å²) in [4.78, 5) is 24.8. The monoisotopic (exact) mass is 410 g/mol. The molecule has 0 aromatic heterocycles. The lowest BCUT2D eigenvalue weighted by Gasteiger charge is -2.14. The number of nitro groups is 1. The van der Waals surface area contributed by atoms with Gasteiger partial charge >= 0.3 is 0 Å². The predicted molar refractivity (Wildman–Crippen MR) is 105 cm³/mol. The Morgan fingerprint density at radius 3 is 2.64 bits per heavy atom. The van der Waals surface area contributed by atoms with E-state index in [0.717, 1.165) is 11.8 Å². The van der Waals surface area contributed by atoms with Crippen LogP contribution in [-0.2, 0) is 4.79 Å². The minimum absolute atomic E-state index is 0.0358. The number of benzene rings is 2. The van der Waals surface area contributed by atoms with Crippen LogP contribution < -0.4 is 4.90 Å². The van der Waals surface area contributed by atoms with Gasteiger partial charge in [-0.1, -0.05) is 59.3 Å². The molecule has 1 aliphatic rings. The molecule has 1 aliphatic heterocycles. The lowest BCUT2D eigenvalue weighted by atomic mass is 10.2. The lowest BCUT2D eigenvalue weighted by Crippen LogP contribution is -2.27. The van der Waals surface area contributed by atoms with Crippen molar-refractivity contribution in [3.05, 3.63) is 73.1 Å². The van der Waals surface area contributed by atoms with Gasteiger partial charge in [0.2, 0.25) is 0 Å². The van der Waals surface area contributed by atoms with Crippen LogP contribution in [0.4, 0.5) is 11.4 Å². The van der Waals surface area contributed by atoms with Gasteiger partial charge in [-0.25, -0.2) is 0 Å². The van der Waals surface area contributed by atoms with E-state index < -0.39 is 4.92 Å². The van der Waals surface area contributed by atoms with Gasteiger partial charge in [-0.3, -0.25) is 19.8 Å². The summed E-state index contributed by atoms with van der Waals surface area (Å²) in [5, 5.41) is 11.5. The van der Waals surface area contributed by atoms with E-state index in [1.54, 1.807) is 36.4 Å². The van der Waals surface area contributed by atoms with Crippen LogP contribution in [-0.4, -0.2) is 15.2 Å². The smallest absolute Gasteiger partial charge is 0.268 e. The standard InChI is InChI=1S/C16H8Cl2N2O3S2/c17-10-2-1-3-11(8-10)19-15(21)14(25-16(19)24)7-9-4-5-12(18)13(6-9)20(22)23/h1-8H/b14-7-. The molecule has 2 aromatic rings. The fourth-order valence-corrected chi connectivity index (χ4v) is 3.89. The Hall–Kier alpha value is -1.93. The second-order valence-electron chi connectivity index (χ2n) is 4.96. The number of halogens is 2. The van der Waals surface area contributed by atoms with E-state index in [1.165, 1.54) is 17.0 Å². The van der Waals surface area contributed by atoms with Gasteiger partial charge in [0, 0.05) is 11.1 Å². The summed E-state index contributed by atoms with van der Waals surface area (Å²) in [5.41, 5.74) is 0.837. The van der Waals surface area contributed by atoms with Crippen molar-refractivity contribution >= 4 is 74.9 Å². The number of thiocarbonyl (C=S) groups is 1. The molecule has 0 atom stereocenters. The van der Waals surface area contributed by atoms with Crippen molar-refractivity contribution in [2.75, 3.05) is 4.90 Å². The second kappa shape index (κ2) is 7.13. The number of anilines is 1. The molecule has 5 nitrogen and oxygen atoms in total. The average Bonchev–Trinajstić information content (AvgIpc) is 2.83. The van der Waals surface area contributed by atoms with Gasteiger partial charge in [0.25, 0.3) is 11.6 Å². The molecule has 0 unspecified atom stereocenters. The van der Waals surface area contributed by atoms with Crippen molar-refractivity contribution in [2.45, 2.75) is 0 Å². The van der Waals surface area contributed by atoms with Gasteiger partial charge in [0.1, 0.15) is 5.02 Å². The summed E-state index contributed by atoms with van der Waals surface area (Å²) in [6.45, 7) is 0. The largest absolute Gasteiger partial charge is 0.288 e. The summed E-state index contributed by atoms with van der Waals surface area (Å²) in [7, 11) is 0. The zero-order valence-corrected chi connectivity index (χ0v) is 15.5. The number of nitrogens with zero attached hydrogens (tertiary/aromatic N) is 2. The van der Waals surface area contributed by atoms with E-state index in [0.29, 0.717) is 25.5 Å². The molecule has 0 radical (unpaired) electrons. The molecule has 0 bridgehead atoms. The molecule has 1 fully saturated rings. The van der Waals surface area contributed by atoms with E-state index in [-0.39, 0.29) is 16.6 Å². The van der Waals surface area contributed by atoms with Crippen LogP contribution in [0.2, 0.25) is 10.0 Å². The highest BCUT2D eigenvalue weighted by molar-refractivity contribution is 8.27. The zero-order chi connectivity index (χ0) is 18.1. The third-order valence-electron chi connectivity index (χ3n) is 3.32. The number of amides is 1. The van der Waals surface area contributed by atoms with Gasteiger partial charge < -0.3 is 0 Å². The number of nitro benzene ring substituents is 1. The Balaban J connectivity index is 1.96. The Morgan fingerprint density at radius 1 is 1.20 bits per heavy atom. The molecule has 126 valence electrons. The number of hydrogen-bond acceptors (Lipinski definition) is 5. The van der Waals surface area contributed by atoms with Crippen LogP contribution in [0, 0.1) is 10.1 Å². The molecule has 1 amide bonds. The molecule has 2 aromatic carbocycles. The first-order valence-corrected chi connectivity index (χ1v) is 8.82. The van der Waals surface area contributed by atoms with Gasteiger partial charge in [0.15, 0.2) is 4.32 Å². The highest BCUT2D eigenvalue weighted by Gasteiger charge is 2.33. The van der Waals surface area contributed by atoms with Crippen LogP contribution in [0.3, 0.4) is 0 Å². The van der Waals surface area contributed by atoms with Gasteiger partial charge in [-0.2, -0.15) is 0 Å². The topological polar surface area (TPSA) is 63.4 Å². The third kappa shape index (κ3) is 3.69. The van der Waals surface area contributed by atoms with Crippen LogP contribution in [0.15, 0.2) is 47.4 Å². The van der Waals surface area contributed by atoms with E-state index in [9.17, 15) is 14.9 Å². The Bertz CT molecular complexity index is 947. The highest BCUT2D eigenvalue weighted by Crippen LogP contribution is 2.37. The van der Waals surface area contributed by atoms with Gasteiger partial charge in [0.05, 0.1) is 15.5 Å². The quantitative estimate of drug-likeness (QED) is 0.297. The first kappa shape index (κ1) is 17.9. The molecular formula is C16H8Cl2N2O3S2. The average molecular weight is 411 g/mol. The third-order valence-corrected chi connectivity index (χ3v) is 5.18. The van der Waals surface area contributed by atoms with Crippen LogP contribution in [0.1, 0.15) is 5.56 Å². The van der Waals surface area contributed by atoms with E-state index in [4.69, 9.17) is 35.4 Å². The minimum Gasteiger partial charge on any atom is -0.268 e. The van der Waals surface area contributed by atoms with Gasteiger partial charge in [-0.05, 0) is 35.9 Å². The normalized spacial score (nSPS) is 15.9. The fourth-order valence-electron chi connectivity index (χ4n) is 2.22. The van der Waals surface area contributed by atoms with Crippen molar-refractivity contribution < 1.29 is 9.72 Å². The summed E-state index contributed by atoms with van der Waals surface area (Å²) in [6.07, 6.45) is 1.55. The fraction of sp³-hybridized carbons (Fsp3) is 0. The molecule has 9 heteroatoms. The SMILES string of the molecule is O=C1/C(=C/c2ccc(Cl)c([N+](=O)[O-])c2)SC(=S)N1c1cccc(Cl)c1. The Kier molecular flexibility index (Phi) is 5.10. The van der Waals surface area contributed by atoms with Crippen molar-refractivity contribution in [1.82, 2.24) is 0 Å². The maximum atomic E-state index is 12.7. The highest BCUT2D eigenvalue weighted by atomic mass is 35.5. The van der Waals surface area contributed by atoms with Crippen molar-refractivity contribution in [2.24, 2.45) is 0 Å². The van der Waals surface area contributed by atoms with Crippen LogP contribution in [0.5, 0.6) is 0 Å². The number of hydrogen-bond donors (Lipinski definition) is 0. The molecule has 0 aliphatic carbocycles. The molecule has 25 heavy (non-hydrogen) atoms. The zero-order valence-electron chi connectivity index (χ0n) is 12.3. The number of carbonyl (C=O) groups excluding carboxylic acids is 1. The van der Waals surface area contributed by atoms with Crippen LogP contribution in [0.25, 0.3) is 6.08 Å². The minimum atomic E-state index is -0.573. The van der Waals surface area contributed by atoms with E-state index >= 15 is 0 Å². The molecule has 3 rings (SSSR count). The van der Waals surface area contributed by atoms with Crippen molar-refractivity contribution in [3.63, 3.8) is 0 Å². The summed E-state index contributed by atoms with van der Waals surface area (Å²) in [6, 6.07) is 11.1. The van der Waals surface area contributed by atoms with Crippen molar-refractivity contribution in [1.29, 1.82) is 0 Å². The lowest BCUT2D eigenvalue weighted by molar-refractivity contribution is -0.384. The Labute approximate surface area is 162 Å². The second-order valence-corrected chi connectivity index (χ2v) is 7.48. The summed E-state index contributed by atoms with van der Waals surface area (Å²) >= 11 is 18.2. The molecule has 0 N–H and O–H groups in total. The van der Waals surface area contributed by atoms with E-state index in [2.05, 4.69) is 0 Å². The molecular weight excluding hydrogens is 403 g/mol. The number of rotatable bonds is 3.